The molecule has 1 N–H and O–H groups in total. The molecule has 1 unspecified atom stereocenters. The van der Waals surface area contributed by atoms with Gasteiger partial charge in [-0.1, -0.05) is 6.07 Å². The lowest BCUT2D eigenvalue weighted by Gasteiger charge is -2.16. The molecule has 0 saturated heterocycles. The van der Waals surface area contributed by atoms with Crippen LogP contribution in [0.1, 0.15) is 18.5 Å². The van der Waals surface area contributed by atoms with Gasteiger partial charge in [-0.2, -0.15) is 0 Å². The van der Waals surface area contributed by atoms with Gasteiger partial charge in [-0.05, 0) is 19.1 Å². The molecule has 0 aliphatic heterocycles. The summed E-state index contributed by atoms with van der Waals surface area (Å²) in [4.78, 5) is 4.04. The van der Waals surface area contributed by atoms with E-state index in [2.05, 4.69) is 10.3 Å². The lowest BCUT2D eigenvalue weighted by molar-refractivity contribution is 0.398. The predicted octanol–water partition coefficient (Wildman–Crippen LogP) is 3.54. The Hall–Kier alpha value is -2.17. The standard InChI is InChI=1S/C14H14F2N2O/c1-9(12-5-3-10(15)7-13(12)16)18-11-4-6-14(19-2)17-8-11/h3-9,18H,1-2H3. The number of nitrogens with zero attached hydrogens (tertiary/aromatic N) is 1. The van der Waals surface area contributed by atoms with Crippen LogP contribution in [0.15, 0.2) is 36.5 Å². The van der Waals surface area contributed by atoms with Gasteiger partial charge in [0, 0.05) is 17.7 Å². The van der Waals surface area contributed by atoms with Crippen LogP contribution in [0.2, 0.25) is 0 Å². The Balaban J connectivity index is 2.13. The number of nitrogens with one attached hydrogen (secondary N) is 1. The largest absolute Gasteiger partial charge is 0.481 e. The van der Waals surface area contributed by atoms with E-state index in [-0.39, 0.29) is 6.04 Å². The average molecular weight is 264 g/mol. The Bertz CT molecular complexity index is 558. The minimum Gasteiger partial charge on any atom is -0.481 e. The van der Waals surface area contributed by atoms with E-state index in [0.717, 1.165) is 11.8 Å². The van der Waals surface area contributed by atoms with Gasteiger partial charge in [-0.15, -0.1) is 0 Å². The van der Waals surface area contributed by atoms with E-state index >= 15 is 0 Å². The van der Waals surface area contributed by atoms with Crippen molar-refractivity contribution in [2.75, 3.05) is 12.4 Å². The summed E-state index contributed by atoms with van der Waals surface area (Å²) in [7, 11) is 1.53. The maximum Gasteiger partial charge on any atom is 0.213 e. The Kier molecular flexibility index (Phi) is 3.94. The number of hydrogen-bond acceptors (Lipinski definition) is 3. The zero-order valence-electron chi connectivity index (χ0n) is 10.7. The fourth-order valence-electron chi connectivity index (χ4n) is 1.77. The number of aromatic nitrogens is 1. The van der Waals surface area contributed by atoms with Crippen LogP contribution in [0.25, 0.3) is 0 Å². The van der Waals surface area contributed by atoms with Crippen LogP contribution in [0.5, 0.6) is 5.88 Å². The molecule has 1 aromatic carbocycles. The number of rotatable bonds is 4. The number of pyridine rings is 1. The summed E-state index contributed by atoms with van der Waals surface area (Å²) in [5.41, 5.74) is 1.13. The minimum absolute atomic E-state index is 0.296. The number of anilines is 1. The molecule has 19 heavy (non-hydrogen) atoms. The van der Waals surface area contributed by atoms with Crippen LogP contribution in [0.3, 0.4) is 0 Å². The van der Waals surface area contributed by atoms with E-state index in [4.69, 9.17) is 4.74 Å². The number of halogens is 2. The van der Waals surface area contributed by atoms with Crippen molar-refractivity contribution < 1.29 is 13.5 Å². The second-order valence-electron chi connectivity index (χ2n) is 4.12. The van der Waals surface area contributed by atoms with Gasteiger partial charge in [0.05, 0.1) is 25.0 Å². The molecule has 1 heterocycles. The molecule has 2 aromatic rings. The summed E-state index contributed by atoms with van der Waals surface area (Å²) in [6.07, 6.45) is 1.59. The van der Waals surface area contributed by atoms with Crippen LogP contribution in [0, 0.1) is 11.6 Å². The molecule has 2 rings (SSSR count). The smallest absolute Gasteiger partial charge is 0.213 e. The SMILES string of the molecule is COc1ccc(NC(C)c2ccc(F)cc2F)cn1. The number of benzene rings is 1. The van der Waals surface area contributed by atoms with Gasteiger partial charge in [0.2, 0.25) is 5.88 Å². The first-order chi connectivity index (χ1) is 9.10. The maximum absolute atomic E-state index is 13.6. The molecule has 0 aliphatic carbocycles. The Labute approximate surface area is 110 Å². The van der Waals surface area contributed by atoms with E-state index in [0.29, 0.717) is 11.4 Å². The lowest BCUT2D eigenvalue weighted by atomic mass is 10.1. The second kappa shape index (κ2) is 5.65. The molecule has 1 atom stereocenters. The van der Waals surface area contributed by atoms with E-state index in [1.54, 1.807) is 25.3 Å². The van der Waals surface area contributed by atoms with E-state index in [1.165, 1.54) is 19.2 Å². The summed E-state index contributed by atoms with van der Waals surface area (Å²) >= 11 is 0. The van der Waals surface area contributed by atoms with Gasteiger partial charge in [0.15, 0.2) is 0 Å². The van der Waals surface area contributed by atoms with Gasteiger partial charge in [-0.3, -0.25) is 0 Å². The minimum atomic E-state index is -0.584. The molecule has 0 fully saturated rings. The molecular weight excluding hydrogens is 250 g/mol. The Morgan fingerprint density at radius 1 is 1.21 bits per heavy atom. The lowest BCUT2D eigenvalue weighted by Crippen LogP contribution is -2.09. The van der Waals surface area contributed by atoms with E-state index in [1.807, 2.05) is 0 Å². The van der Waals surface area contributed by atoms with Gasteiger partial charge in [0.1, 0.15) is 11.6 Å². The first-order valence-corrected chi connectivity index (χ1v) is 5.81. The van der Waals surface area contributed by atoms with E-state index < -0.39 is 11.6 Å². The molecule has 0 bridgehead atoms. The third-order valence-electron chi connectivity index (χ3n) is 2.76. The monoisotopic (exact) mass is 264 g/mol. The van der Waals surface area contributed by atoms with Crippen molar-refractivity contribution in [3.05, 3.63) is 53.7 Å². The number of hydrogen-bond donors (Lipinski definition) is 1. The van der Waals surface area contributed by atoms with Crippen molar-refractivity contribution in [2.45, 2.75) is 13.0 Å². The molecule has 0 spiro atoms. The highest BCUT2D eigenvalue weighted by molar-refractivity contribution is 5.44. The van der Waals surface area contributed by atoms with Crippen molar-refractivity contribution in [3.63, 3.8) is 0 Å². The van der Waals surface area contributed by atoms with Crippen molar-refractivity contribution in [2.24, 2.45) is 0 Å². The van der Waals surface area contributed by atoms with Crippen molar-refractivity contribution in [1.29, 1.82) is 0 Å². The topological polar surface area (TPSA) is 34.1 Å². The number of methoxy groups -OCH3 is 1. The zero-order chi connectivity index (χ0) is 13.8. The highest BCUT2D eigenvalue weighted by Crippen LogP contribution is 2.22. The highest BCUT2D eigenvalue weighted by Gasteiger charge is 2.11. The summed E-state index contributed by atoms with van der Waals surface area (Å²) in [5, 5.41) is 3.09. The Morgan fingerprint density at radius 2 is 2.00 bits per heavy atom. The third-order valence-corrected chi connectivity index (χ3v) is 2.76. The maximum atomic E-state index is 13.6. The molecule has 3 nitrogen and oxygen atoms in total. The fourth-order valence-corrected chi connectivity index (χ4v) is 1.77. The van der Waals surface area contributed by atoms with Crippen molar-refractivity contribution >= 4 is 5.69 Å². The zero-order valence-corrected chi connectivity index (χ0v) is 10.7. The Morgan fingerprint density at radius 3 is 2.58 bits per heavy atom. The quantitative estimate of drug-likeness (QED) is 0.917. The summed E-state index contributed by atoms with van der Waals surface area (Å²) in [6, 6.07) is 6.73. The van der Waals surface area contributed by atoms with Crippen LogP contribution >= 0.6 is 0 Å². The van der Waals surface area contributed by atoms with E-state index in [9.17, 15) is 8.78 Å². The normalized spacial score (nSPS) is 12.0. The van der Waals surface area contributed by atoms with Crippen LogP contribution in [0.4, 0.5) is 14.5 Å². The van der Waals surface area contributed by atoms with Gasteiger partial charge < -0.3 is 10.1 Å². The summed E-state index contributed by atoms with van der Waals surface area (Å²) in [6.45, 7) is 1.79. The molecule has 0 amide bonds. The van der Waals surface area contributed by atoms with Crippen LogP contribution in [-0.2, 0) is 0 Å². The molecule has 0 radical (unpaired) electrons. The molecular formula is C14H14F2N2O. The highest BCUT2D eigenvalue weighted by atomic mass is 19.1. The number of ether oxygens (including phenoxy) is 1. The fraction of sp³-hybridized carbons (Fsp3) is 0.214. The van der Waals surface area contributed by atoms with Crippen LogP contribution < -0.4 is 10.1 Å². The molecule has 0 aliphatic rings. The first-order valence-electron chi connectivity index (χ1n) is 5.81. The van der Waals surface area contributed by atoms with Gasteiger partial charge >= 0.3 is 0 Å². The molecule has 5 heteroatoms. The third kappa shape index (κ3) is 3.19. The first kappa shape index (κ1) is 13.3. The molecule has 1 aromatic heterocycles. The van der Waals surface area contributed by atoms with Gasteiger partial charge in [-0.25, -0.2) is 13.8 Å². The van der Waals surface area contributed by atoms with Gasteiger partial charge in [0.25, 0.3) is 0 Å². The summed E-state index contributed by atoms with van der Waals surface area (Å²) in [5.74, 6) is -0.646. The molecule has 100 valence electrons. The average Bonchev–Trinajstić information content (AvgIpc) is 2.39. The molecule has 0 saturated carbocycles. The van der Waals surface area contributed by atoms with Crippen LogP contribution in [-0.4, -0.2) is 12.1 Å². The second-order valence-corrected chi connectivity index (χ2v) is 4.12. The van der Waals surface area contributed by atoms with Crippen molar-refractivity contribution in [1.82, 2.24) is 4.98 Å². The van der Waals surface area contributed by atoms with Crippen molar-refractivity contribution in [3.8, 4) is 5.88 Å². The predicted molar refractivity (Wildman–Crippen MR) is 69.2 cm³/mol. The summed E-state index contributed by atoms with van der Waals surface area (Å²) < 4.78 is 31.4.